The molecular formula is C19H24N2O5S2. The lowest BCUT2D eigenvalue weighted by atomic mass is 10.2. The van der Waals surface area contributed by atoms with Crippen LogP contribution in [0.2, 0.25) is 0 Å². The number of rotatable bonds is 8. The number of ether oxygens (including phenoxy) is 2. The summed E-state index contributed by atoms with van der Waals surface area (Å²) >= 11 is 1.42. The molecule has 0 aliphatic rings. The Morgan fingerprint density at radius 2 is 1.75 bits per heavy atom. The van der Waals surface area contributed by atoms with Gasteiger partial charge in [-0.1, -0.05) is 13.8 Å². The van der Waals surface area contributed by atoms with Crippen molar-refractivity contribution in [1.82, 2.24) is 0 Å². The number of hydrogen-bond acceptors (Lipinski definition) is 6. The summed E-state index contributed by atoms with van der Waals surface area (Å²) in [4.78, 5) is 12.9. The van der Waals surface area contributed by atoms with Crippen molar-refractivity contribution in [2.24, 2.45) is 5.92 Å². The molecule has 2 rings (SSSR count). The van der Waals surface area contributed by atoms with Gasteiger partial charge in [0.05, 0.1) is 30.5 Å². The van der Waals surface area contributed by atoms with Crippen LogP contribution >= 0.6 is 11.8 Å². The predicted molar refractivity (Wildman–Crippen MR) is 112 cm³/mol. The van der Waals surface area contributed by atoms with E-state index in [-0.39, 0.29) is 22.4 Å². The van der Waals surface area contributed by atoms with E-state index in [1.165, 1.54) is 44.2 Å². The summed E-state index contributed by atoms with van der Waals surface area (Å²) in [6.07, 6.45) is 1.86. The Hall–Kier alpha value is -2.39. The van der Waals surface area contributed by atoms with Crippen molar-refractivity contribution >= 4 is 39.1 Å². The fourth-order valence-corrected chi connectivity index (χ4v) is 3.95. The molecule has 0 radical (unpaired) electrons. The number of amides is 1. The van der Waals surface area contributed by atoms with Crippen LogP contribution in [0.1, 0.15) is 13.8 Å². The van der Waals surface area contributed by atoms with Crippen LogP contribution in [0.4, 0.5) is 11.4 Å². The van der Waals surface area contributed by atoms with Crippen molar-refractivity contribution in [3.63, 3.8) is 0 Å². The number of hydrogen-bond donors (Lipinski definition) is 2. The normalized spacial score (nSPS) is 11.2. The van der Waals surface area contributed by atoms with Gasteiger partial charge in [0.15, 0.2) is 0 Å². The fraction of sp³-hybridized carbons (Fsp3) is 0.316. The maximum absolute atomic E-state index is 12.9. The molecule has 152 valence electrons. The van der Waals surface area contributed by atoms with Gasteiger partial charge in [0.2, 0.25) is 5.91 Å². The first-order chi connectivity index (χ1) is 13.2. The number of benzene rings is 2. The average molecular weight is 425 g/mol. The van der Waals surface area contributed by atoms with Gasteiger partial charge in [0.25, 0.3) is 10.0 Å². The molecular weight excluding hydrogens is 400 g/mol. The molecule has 9 heteroatoms. The molecule has 28 heavy (non-hydrogen) atoms. The van der Waals surface area contributed by atoms with Crippen molar-refractivity contribution in [3.8, 4) is 11.5 Å². The SMILES string of the molecule is COc1ccc(OC)c(NS(=O)(=O)c2ccc(SC)c(NC(=O)C(C)C)c2)c1. The van der Waals surface area contributed by atoms with Crippen molar-refractivity contribution in [2.75, 3.05) is 30.5 Å². The zero-order valence-electron chi connectivity index (χ0n) is 16.4. The Morgan fingerprint density at radius 1 is 1.04 bits per heavy atom. The summed E-state index contributed by atoms with van der Waals surface area (Å²) in [5.74, 6) is 0.431. The lowest BCUT2D eigenvalue weighted by Gasteiger charge is -2.15. The molecule has 0 aliphatic heterocycles. The number of thioether (sulfide) groups is 1. The molecule has 2 aromatic rings. The first-order valence-corrected chi connectivity index (χ1v) is 11.2. The second kappa shape index (κ2) is 9.20. The van der Waals surface area contributed by atoms with Crippen LogP contribution in [0.15, 0.2) is 46.2 Å². The smallest absolute Gasteiger partial charge is 0.262 e. The Bertz CT molecular complexity index is 959. The van der Waals surface area contributed by atoms with Gasteiger partial charge in [0.1, 0.15) is 11.5 Å². The van der Waals surface area contributed by atoms with Crippen molar-refractivity contribution in [2.45, 2.75) is 23.6 Å². The highest BCUT2D eigenvalue weighted by Gasteiger charge is 2.20. The summed E-state index contributed by atoms with van der Waals surface area (Å²) in [6.45, 7) is 3.54. The molecule has 0 spiro atoms. The quantitative estimate of drug-likeness (QED) is 0.626. The van der Waals surface area contributed by atoms with Gasteiger partial charge in [-0.3, -0.25) is 9.52 Å². The summed E-state index contributed by atoms with van der Waals surface area (Å²) in [5.41, 5.74) is 0.704. The van der Waals surface area contributed by atoms with Crippen LogP contribution in [-0.4, -0.2) is 34.8 Å². The van der Waals surface area contributed by atoms with Crippen LogP contribution in [0, 0.1) is 5.92 Å². The Kier molecular flexibility index (Phi) is 7.20. The molecule has 0 aromatic heterocycles. The Labute approximate surface area is 169 Å². The van der Waals surface area contributed by atoms with Gasteiger partial charge < -0.3 is 14.8 Å². The highest BCUT2D eigenvalue weighted by molar-refractivity contribution is 7.98. The standard InChI is InChI=1S/C19H24N2O5S2/c1-12(2)19(22)20-16-11-14(7-9-18(16)27-5)28(23,24)21-15-10-13(25-3)6-8-17(15)26-4/h6-12,21H,1-5H3,(H,20,22). The molecule has 1 amide bonds. The predicted octanol–water partition coefficient (Wildman–Crippen LogP) is 3.82. The molecule has 7 nitrogen and oxygen atoms in total. The van der Waals surface area contributed by atoms with Gasteiger partial charge in [-0.05, 0) is 36.6 Å². The third-order valence-electron chi connectivity index (χ3n) is 3.91. The van der Waals surface area contributed by atoms with Crippen LogP contribution in [-0.2, 0) is 14.8 Å². The number of anilines is 2. The molecule has 0 unspecified atom stereocenters. The monoisotopic (exact) mass is 424 g/mol. The largest absolute Gasteiger partial charge is 0.497 e. The first kappa shape index (κ1) is 21.9. The molecule has 0 bridgehead atoms. The van der Waals surface area contributed by atoms with E-state index < -0.39 is 10.0 Å². The third-order valence-corrected chi connectivity index (χ3v) is 6.07. The average Bonchev–Trinajstić information content (AvgIpc) is 2.67. The van der Waals surface area contributed by atoms with Crippen LogP contribution in [0.25, 0.3) is 0 Å². The van der Waals surface area contributed by atoms with Gasteiger partial charge in [-0.15, -0.1) is 11.8 Å². The molecule has 2 N–H and O–H groups in total. The number of sulfonamides is 1. The van der Waals surface area contributed by atoms with Crippen LogP contribution < -0.4 is 19.5 Å². The topological polar surface area (TPSA) is 93.7 Å². The lowest BCUT2D eigenvalue weighted by Crippen LogP contribution is -2.19. The summed E-state index contributed by atoms with van der Waals surface area (Å²) in [5, 5.41) is 2.78. The van der Waals surface area contributed by atoms with E-state index in [2.05, 4.69) is 10.0 Å². The van der Waals surface area contributed by atoms with Crippen LogP contribution in [0.3, 0.4) is 0 Å². The summed E-state index contributed by atoms with van der Waals surface area (Å²) in [6, 6.07) is 9.42. The van der Waals surface area contributed by atoms with Gasteiger partial charge in [-0.2, -0.15) is 0 Å². The van der Waals surface area contributed by atoms with E-state index in [1.807, 2.05) is 6.26 Å². The van der Waals surface area contributed by atoms with E-state index in [0.717, 1.165) is 4.90 Å². The molecule has 0 aliphatic carbocycles. The zero-order chi connectivity index (χ0) is 20.9. The number of nitrogens with one attached hydrogen (secondary N) is 2. The highest BCUT2D eigenvalue weighted by atomic mass is 32.2. The highest BCUT2D eigenvalue weighted by Crippen LogP contribution is 2.33. The second-order valence-electron chi connectivity index (χ2n) is 6.18. The zero-order valence-corrected chi connectivity index (χ0v) is 18.0. The minimum atomic E-state index is -3.92. The van der Waals surface area contributed by atoms with Crippen molar-refractivity contribution in [1.29, 1.82) is 0 Å². The third kappa shape index (κ3) is 5.11. The molecule has 0 saturated carbocycles. The minimum absolute atomic E-state index is 0.0224. The van der Waals surface area contributed by atoms with E-state index in [0.29, 0.717) is 17.2 Å². The molecule has 0 atom stereocenters. The maximum Gasteiger partial charge on any atom is 0.262 e. The van der Waals surface area contributed by atoms with E-state index in [9.17, 15) is 13.2 Å². The molecule has 0 fully saturated rings. The van der Waals surface area contributed by atoms with E-state index >= 15 is 0 Å². The summed E-state index contributed by atoms with van der Waals surface area (Å²) < 4.78 is 38.7. The number of methoxy groups -OCH3 is 2. The Morgan fingerprint density at radius 3 is 2.32 bits per heavy atom. The second-order valence-corrected chi connectivity index (χ2v) is 8.71. The van der Waals surface area contributed by atoms with Gasteiger partial charge in [-0.25, -0.2) is 8.42 Å². The minimum Gasteiger partial charge on any atom is -0.497 e. The first-order valence-electron chi connectivity index (χ1n) is 8.45. The summed E-state index contributed by atoms with van der Waals surface area (Å²) in [7, 11) is -0.979. The van der Waals surface area contributed by atoms with Crippen LogP contribution in [0.5, 0.6) is 11.5 Å². The molecule has 2 aromatic carbocycles. The van der Waals surface area contributed by atoms with E-state index in [4.69, 9.17) is 9.47 Å². The number of carbonyl (C=O) groups is 1. The van der Waals surface area contributed by atoms with Crippen molar-refractivity contribution < 1.29 is 22.7 Å². The molecule has 0 saturated heterocycles. The van der Waals surface area contributed by atoms with Gasteiger partial charge in [0, 0.05) is 16.9 Å². The molecule has 0 heterocycles. The maximum atomic E-state index is 12.9. The number of carbonyl (C=O) groups excluding carboxylic acids is 1. The fourth-order valence-electron chi connectivity index (χ4n) is 2.33. The van der Waals surface area contributed by atoms with E-state index in [1.54, 1.807) is 32.0 Å². The van der Waals surface area contributed by atoms with Gasteiger partial charge >= 0.3 is 0 Å². The Balaban J connectivity index is 2.42. The lowest BCUT2D eigenvalue weighted by molar-refractivity contribution is -0.118. The van der Waals surface area contributed by atoms with Crippen molar-refractivity contribution in [3.05, 3.63) is 36.4 Å².